The molecule has 0 N–H and O–H groups in total. The number of ether oxygens (including phenoxy) is 2. The van der Waals surface area contributed by atoms with E-state index < -0.39 is 0 Å². The van der Waals surface area contributed by atoms with Gasteiger partial charge in [0.15, 0.2) is 0 Å². The lowest BCUT2D eigenvalue weighted by atomic mass is 10.3. The molecule has 2 heterocycles. The van der Waals surface area contributed by atoms with Crippen LogP contribution in [-0.2, 0) is 9.47 Å². The largest absolute Gasteiger partial charge is 0.376 e. The fourth-order valence-electron chi connectivity index (χ4n) is 1.66. The molecule has 3 rings (SSSR count). The molecule has 0 amide bonds. The molecular weight excluding hydrogens is 210 g/mol. The maximum atomic E-state index is 5.62. The number of aromatic nitrogens is 1. The van der Waals surface area contributed by atoms with Crippen molar-refractivity contribution in [2.24, 2.45) is 0 Å². The summed E-state index contributed by atoms with van der Waals surface area (Å²) in [6, 6.07) is 8.14. The molecule has 78 valence electrons. The molecule has 1 aliphatic heterocycles. The van der Waals surface area contributed by atoms with Gasteiger partial charge in [0.25, 0.3) is 0 Å². The van der Waals surface area contributed by atoms with Crippen molar-refractivity contribution in [3.05, 3.63) is 29.3 Å². The minimum Gasteiger partial charge on any atom is -0.376 e. The van der Waals surface area contributed by atoms with Gasteiger partial charge in [-0.3, -0.25) is 0 Å². The van der Waals surface area contributed by atoms with Crippen LogP contribution in [0.25, 0.3) is 10.2 Å². The molecule has 0 saturated carbocycles. The third-order valence-electron chi connectivity index (χ3n) is 2.40. The van der Waals surface area contributed by atoms with E-state index in [2.05, 4.69) is 11.1 Å². The van der Waals surface area contributed by atoms with E-state index in [-0.39, 0.29) is 6.10 Å². The second-order valence-electron chi connectivity index (χ2n) is 3.45. The normalized spacial score (nSPS) is 22.0. The summed E-state index contributed by atoms with van der Waals surface area (Å²) >= 11 is 1.69. The highest BCUT2D eigenvalue weighted by Gasteiger charge is 2.20. The van der Waals surface area contributed by atoms with Gasteiger partial charge in [-0.1, -0.05) is 12.1 Å². The fourth-order valence-corrected chi connectivity index (χ4v) is 2.66. The van der Waals surface area contributed by atoms with Gasteiger partial charge in [-0.15, -0.1) is 11.3 Å². The van der Waals surface area contributed by atoms with E-state index in [1.54, 1.807) is 11.3 Å². The third-order valence-corrected chi connectivity index (χ3v) is 3.53. The Bertz CT molecular complexity index is 429. The smallest absolute Gasteiger partial charge is 0.132 e. The lowest BCUT2D eigenvalue weighted by Crippen LogP contribution is -2.21. The van der Waals surface area contributed by atoms with E-state index in [0.29, 0.717) is 19.8 Å². The minimum absolute atomic E-state index is 0.0242. The number of fused-ring (bicyclic) bond motifs is 1. The predicted octanol–water partition coefficient (Wildman–Crippen LogP) is 2.38. The second kappa shape index (κ2) is 3.89. The summed E-state index contributed by atoms with van der Waals surface area (Å²) in [7, 11) is 0. The van der Waals surface area contributed by atoms with Gasteiger partial charge in [0.1, 0.15) is 11.1 Å². The van der Waals surface area contributed by atoms with E-state index in [0.717, 1.165) is 10.5 Å². The average Bonchev–Trinajstić information content (AvgIpc) is 2.74. The molecule has 1 aromatic heterocycles. The van der Waals surface area contributed by atoms with Crippen molar-refractivity contribution < 1.29 is 9.47 Å². The number of nitrogens with zero attached hydrogens (tertiary/aromatic N) is 1. The van der Waals surface area contributed by atoms with Crippen molar-refractivity contribution in [2.75, 3.05) is 19.8 Å². The molecular formula is C11H11NO2S. The topological polar surface area (TPSA) is 31.4 Å². The number of hydrogen-bond acceptors (Lipinski definition) is 4. The zero-order valence-corrected chi connectivity index (χ0v) is 9.00. The Labute approximate surface area is 91.7 Å². The fraction of sp³-hybridized carbons (Fsp3) is 0.364. The Balaban J connectivity index is 1.96. The summed E-state index contributed by atoms with van der Waals surface area (Å²) in [5, 5.41) is 1.02. The number of thiazole rings is 1. The molecule has 0 unspecified atom stereocenters. The molecule has 1 saturated heterocycles. The first-order chi connectivity index (χ1) is 7.43. The molecule has 1 aliphatic rings. The molecule has 2 aromatic rings. The first-order valence-electron chi connectivity index (χ1n) is 4.98. The van der Waals surface area contributed by atoms with Crippen LogP contribution in [0.1, 0.15) is 11.1 Å². The van der Waals surface area contributed by atoms with Crippen molar-refractivity contribution in [1.29, 1.82) is 0 Å². The SMILES string of the molecule is c1ccc2sc([C@H]3COCCO3)nc2c1. The molecule has 0 spiro atoms. The number of benzene rings is 1. The zero-order chi connectivity index (χ0) is 10.1. The molecule has 0 radical (unpaired) electrons. The Morgan fingerprint density at radius 3 is 3.00 bits per heavy atom. The Kier molecular flexibility index (Phi) is 2.40. The van der Waals surface area contributed by atoms with Crippen LogP contribution >= 0.6 is 11.3 Å². The van der Waals surface area contributed by atoms with Crippen molar-refractivity contribution in [2.45, 2.75) is 6.10 Å². The standard InChI is InChI=1S/C11H11NO2S/c1-2-4-10-8(3-1)12-11(15-10)9-7-13-5-6-14-9/h1-4,9H,5-7H2/t9-/m1/s1. The van der Waals surface area contributed by atoms with Gasteiger partial charge < -0.3 is 9.47 Å². The molecule has 3 nitrogen and oxygen atoms in total. The monoisotopic (exact) mass is 221 g/mol. The van der Waals surface area contributed by atoms with E-state index >= 15 is 0 Å². The molecule has 1 atom stereocenters. The van der Waals surface area contributed by atoms with Gasteiger partial charge in [-0.05, 0) is 12.1 Å². The third kappa shape index (κ3) is 1.76. The number of rotatable bonds is 1. The summed E-state index contributed by atoms with van der Waals surface area (Å²) in [5.74, 6) is 0. The van der Waals surface area contributed by atoms with Crippen LogP contribution in [0, 0.1) is 0 Å². The average molecular weight is 221 g/mol. The van der Waals surface area contributed by atoms with Crippen LogP contribution < -0.4 is 0 Å². The quantitative estimate of drug-likeness (QED) is 0.741. The van der Waals surface area contributed by atoms with Crippen LogP contribution in [-0.4, -0.2) is 24.8 Å². The second-order valence-corrected chi connectivity index (χ2v) is 4.52. The lowest BCUT2D eigenvalue weighted by Gasteiger charge is -2.20. The van der Waals surface area contributed by atoms with E-state index in [1.807, 2.05) is 18.2 Å². The highest BCUT2D eigenvalue weighted by molar-refractivity contribution is 7.18. The van der Waals surface area contributed by atoms with Gasteiger partial charge in [0, 0.05) is 0 Å². The van der Waals surface area contributed by atoms with Crippen molar-refractivity contribution in [1.82, 2.24) is 4.98 Å². The summed E-state index contributed by atoms with van der Waals surface area (Å²) in [6.07, 6.45) is 0.0242. The molecule has 1 aromatic carbocycles. The molecule has 0 bridgehead atoms. The maximum absolute atomic E-state index is 5.62. The van der Waals surface area contributed by atoms with Crippen LogP contribution in [0.15, 0.2) is 24.3 Å². The molecule has 0 aliphatic carbocycles. The van der Waals surface area contributed by atoms with Crippen LogP contribution in [0.2, 0.25) is 0 Å². The summed E-state index contributed by atoms with van der Waals surface area (Å²) < 4.78 is 12.2. The van der Waals surface area contributed by atoms with Crippen LogP contribution in [0.3, 0.4) is 0 Å². The first kappa shape index (κ1) is 9.27. The van der Waals surface area contributed by atoms with Crippen LogP contribution in [0.4, 0.5) is 0 Å². The summed E-state index contributed by atoms with van der Waals surface area (Å²) in [6.45, 7) is 1.99. The van der Waals surface area contributed by atoms with Gasteiger partial charge in [0.05, 0.1) is 30.0 Å². The number of hydrogen-bond donors (Lipinski definition) is 0. The number of para-hydroxylation sites is 1. The highest BCUT2D eigenvalue weighted by Crippen LogP contribution is 2.29. The first-order valence-corrected chi connectivity index (χ1v) is 5.80. The highest BCUT2D eigenvalue weighted by atomic mass is 32.1. The maximum Gasteiger partial charge on any atom is 0.132 e. The predicted molar refractivity (Wildman–Crippen MR) is 59.1 cm³/mol. The molecule has 15 heavy (non-hydrogen) atoms. The van der Waals surface area contributed by atoms with Gasteiger partial charge in [-0.25, -0.2) is 4.98 Å². The lowest BCUT2D eigenvalue weighted by molar-refractivity contribution is -0.0901. The van der Waals surface area contributed by atoms with Crippen LogP contribution in [0.5, 0.6) is 0 Å². The van der Waals surface area contributed by atoms with Crippen molar-refractivity contribution in [3.8, 4) is 0 Å². The minimum atomic E-state index is 0.0242. The van der Waals surface area contributed by atoms with Gasteiger partial charge >= 0.3 is 0 Å². The molecule has 4 heteroatoms. The Morgan fingerprint density at radius 2 is 2.20 bits per heavy atom. The van der Waals surface area contributed by atoms with E-state index in [9.17, 15) is 0 Å². The Morgan fingerprint density at radius 1 is 1.27 bits per heavy atom. The van der Waals surface area contributed by atoms with Crippen molar-refractivity contribution >= 4 is 21.6 Å². The van der Waals surface area contributed by atoms with Gasteiger partial charge in [0.2, 0.25) is 0 Å². The Hall–Kier alpha value is -0.970. The summed E-state index contributed by atoms with van der Waals surface area (Å²) in [4.78, 5) is 4.55. The molecule has 1 fully saturated rings. The van der Waals surface area contributed by atoms with E-state index in [1.165, 1.54) is 4.70 Å². The zero-order valence-electron chi connectivity index (χ0n) is 8.18. The summed E-state index contributed by atoms with van der Waals surface area (Å²) in [5.41, 5.74) is 1.05. The van der Waals surface area contributed by atoms with E-state index in [4.69, 9.17) is 9.47 Å². The van der Waals surface area contributed by atoms with Gasteiger partial charge in [-0.2, -0.15) is 0 Å². The van der Waals surface area contributed by atoms with Crippen molar-refractivity contribution in [3.63, 3.8) is 0 Å².